The van der Waals surface area contributed by atoms with Crippen molar-refractivity contribution in [2.24, 2.45) is 7.05 Å². The number of hydrogen-bond donors (Lipinski definition) is 1. The quantitative estimate of drug-likeness (QED) is 0.501. The van der Waals surface area contributed by atoms with E-state index < -0.39 is 44.3 Å². The first-order chi connectivity index (χ1) is 18.7. The van der Waals surface area contributed by atoms with Crippen molar-refractivity contribution in [2.45, 2.75) is 49.9 Å². The molecular formula is C27H26F3N5O4S. The van der Waals surface area contributed by atoms with Crippen LogP contribution >= 0.6 is 0 Å². The van der Waals surface area contributed by atoms with Crippen molar-refractivity contribution < 1.29 is 31.2 Å². The van der Waals surface area contributed by atoms with E-state index in [1.165, 1.54) is 17.3 Å². The minimum atomic E-state index is -4.78. The van der Waals surface area contributed by atoms with E-state index in [9.17, 15) is 31.2 Å². The highest BCUT2D eigenvalue weighted by atomic mass is 32.2. The van der Waals surface area contributed by atoms with E-state index >= 15 is 0 Å². The van der Waals surface area contributed by atoms with Crippen LogP contribution in [0.5, 0.6) is 0 Å². The molecule has 0 atom stereocenters. The standard InChI is InChI=1S/C27H26F3N5O4S/c1-25(7-4-8-25)32-22(36)16-9-19-20(21(10-16)27(28,29)30)12-35(23(19)37)18-6-3-5-17(11-18)26(13-40(38,39)14-26)24-33-31-15-34(24)2/h3,5-6,9-11,15H,4,7-8,12-14H2,1-2H3,(H,32,36). The molecule has 1 saturated carbocycles. The molecular weight excluding hydrogens is 547 g/mol. The zero-order valence-corrected chi connectivity index (χ0v) is 22.6. The second-order valence-corrected chi connectivity index (χ2v) is 13.3. The number of sulfone groups is 1. The first-order valence-electron chi connectivity index (χ1n) is 12.8. The summed E-state index contributed by atoms with van der Waals surface area (Å²) in [6.45, 7) is 1.49. The van der Waals surface area contributed by atoms with Crippen LogP contribution in [0.1, 0.15) is 69.4 Å². The van der Waals surface area contributed by atoms with Gasteiger partial charge in [-0.05, 0) is 61.6 Å². The molecule has 1 N–H and O–H groups in total. The third kappa shape index (κ3) is 4.18. The smallest absolute Gasteiger partial charge is 0.347 e. The molecule has 1 saturated heterocycles. The zero-order chi connectivity index (χ0) is 28.7. The summed E-state index contributed by atoms with van der Waals surface area (Å²) in [5.41, 5.74) is -2.24. The van der Waals surface area contributed by atoms with Crippen LogP contribution in [-0.4, -0.2) is 52.0 Å². The van der Waals surface area contributed by atoms with Gasteiger partial charge in [0.2, 0.25) is 0 Å². The lowest BCUT2D eigenvalue weighted by atomic mass is 9.78. The van der Waals surface area contributed by atoms with Crippen LogP contribution in [0, 0.1) is 0 Å². The van der Waals surface area contributed by atoms with Crippen molar-refractivity contribution >= 4 is 27.3 Å². The molecule has 9 nitrogen and oxygen atoms in total. The highest BCUT2D eigenvalue weighted by molar-refractivity contribution is 7.93. The number of rotatable bonds is 5. The lowest BCUT2D eigenvalue weighted by molar-refractivity contribution is -0.138. The van der Waals surface area contributed by atoms with Gasteiger partial charge in [0.05, 0.1) is 29.0 Å². The number of halogens is 3. The van der Waals surface area contributed by atoms with E-state index in [2.05, 4.69) is 15.5 Å². The van der Waals surface area contributed by atoms with Crippen LogP contribution in [0.4, 0.5) is 18.9 Å². The molecule has 1 aliphatic carbocycles. The second-order valence-electron chi connectivity index (χ2n) is 11.2. The molecule has 2 aromatic carbocycles. The number of benzene rings is 2. The van der Waals surface area contributed by atoms with Crippen LogP contribution in [0.25, 0.3) is 0 Å². The summed E-state index contributed by atoms with van der Waals surface area (Å²) in [6, 6.07) is 8.59. The predicted molar refractivity (Wildman–Crippen MR) is 139 cm³/mol. The van der Waals surface area contributed by atoms with Crippen molar-refractivity contribution in [2.75, 3.05) is 16.4 Å². The first kappa shape index (κ1) is 26.5. The van der Waals surface area contributed by atoms with Gasteiger partial charge in [-0.3, -0.25) is 9.59 Å². The van der Waals surface area contributed by atoms with Crippen LogP contribution in [0.2, 0.25) is 0 Å². The van der Waals surface area contributed by atoms with Gasteiger partial charge in [0, 0.05) is 29.4 Å². The molecule has 210 valence electrons. The number of hydrogen-bond acceptors (Lipinski definition) is 6. The molecule has 0 unspecified atom stereocenters. The van der Waals surface area contributed by atoms with Gasteiger partial charge >= 0.3 is 6.18 Å². The molecule has 13 heteroatoms. The average Bonchev–Trinajstić information content (AvgIpc) is 3.43. The highest BCUT2D eigenvalue weighted by Gasteiger charge is 2.54. The molecule has 3 aromatic rings. The molecule has 3 heterocycles. The number of amides is 2. The molecule has 40 heavy (non-hydrogen) atoms. The maximum absolute atomic E-state index is 14.2. The van der Waals surface area contributed by atoms with E-state index in [4.69, 9.17) is 0 Å². The number of alkyl halides is 3. The lowest BCUT2D eigenvalue weighted by Gasteiger charge is -2.40. The predicted octanol–water partition coefficient (Wildman–Crippen LogP) is 3.38. The molecule has 1 aromatic heterocycles. The summed E-state index contributed by atoms with van der Waals surface area (Å²) in [6.07, 6.45) is -0.935. The van der Waals surface area contributed by atoms with Gasteiger partial charge in [0.25, 0.3) is 11.8 Å². The minimum absolute atomic E-state index is 0.182. The van der Waals surface area contributed by atoms with Crippen molar-refractivity contribution in [3.63, 3.8) is 0 Å². The molecule has 2 fully saturated rings. The van der Waals surface area contributed by atoms with Crippen LogP contribution in [-0.2, 0) is 35.0 Å². The molecule has 3 aliphatic rings. The number of nitrogens with zero attached hydrogens (tertiary/aromatic N) is 4. The molecule has 0 bridgehead atoms. The summed E-state index contributed by atoms with van der Waals surface area (Å²) in [5, 5.41) is 10.8. The Bertz CT molecular complexity index is 1670. The molecule has 0 radical (unpaired) electrons. The molecule has 0 spiro atoms. The lowest BCUT2D eigenvalue weighted by Crippen LogP contribution is -2.54. The number of nitrogens with one attached hydrogen (secondary N) is 1. The first-order valence-corrected chi connectivity index (χ1v) is 14.6. The fourth-order valence-corrected chi connectivity index (χ4v) is 8.01. The van der Waals surface area contributed by atoms with Crippen LogP contribution in [0.15, 0.2) is 42.7 Å². The Balaban J connectivity index is 1.38. The Labute approximate surface area is 228 Å². The molecule has 6 rings (SSSR count). The van der Waals surface area contributed by atoms with Gasteiger partial charge in [-0.25, -0.2) is 8.42 Å². The minimum Gasteiger partial charge on any atom is -0.347 e. The van der Waals surface area contributed by atoms with Gasteiger partial charge in [0.1, 0.15) is 12.2 Å². The SMILES string of the molecule is Cn1cnnc1C1(c2cccc(N3Cc4c(cc(C(=O)NC5(C)CCC5)cc4C(F)(F)F)C3=O)c2)CS(=O)(=O)C1. The number of carbonyl (C=O) groups excluding carboxylic acids is 2. The summed E-state index contributed by atoms with van der Waals surface area (Å²) in [7, 11) is -1.64. The maximum Gasteiger partial charge on any atom is 0.416 e. The van der Waals surface area contributed by atoms with Gasteiger partial charge in [0.15, 0.2) is 9.84 Å². The zero-order valence-electron chi connectivity index (χ0n) is 21.7. The average molecular weight is 574 g/mol. The normalized spacial score (nSPS) is 20.4. The summed E-state index contributed by atoms with van der Waals surface area (Å²) < 4.78 is 68.7. The molecule has 2 amide bonds. The van der Waals surface area contributed by atoms with E-state index in [1.54, 1.807) is 35.9 Å². The highest BCUT2D eigenvalue weighted by Crippen LogP contribution is 2.44. The number of aromatic nitrogens is 3. The fraction of sp³-hybridized carbons (Fsp3) is 0.407. The number of aryl methyl sites for hydroxylation is 1. The Kier molecular flexibility index (Phi) is 5.71. The van der Waals surface area contributed by atoms with Gasteiger partial charge in [-0.15, -0.1) is 10.2 Å². The third-order valence-electron chi connectivity index (χ3n) is 8.26. The van der Waals surface area contributed by atoms with Crippen molar-refractivity contribution in [3.8, 4) is 0 Å². The van der Waals surface area contributed by atoms with Gasteiger partial charge < -0.3 is 14.8 Å². The Morgan fingerprint density at radius 1 is 1.12 bits per heavy atom. The molecule has 2 aliphatic heterocycles. The van der Waals surface area contributed by atoms with Gasteiger partial charge in [-0.1, -0.05) is 12.1 Å². The Morgan fingerprint density at radius 3 is 2.42 bits per heavy atom. The van der Waals surface area contributed by atoms with Crippen molar-refractivity contribution in [1.82, 2.24) is 20.1 Å². The summed E-state index contributed by atoms with van der Waals surface area (Å²) in [5.74, 6) is -1.30. The third-order valence-corrected chi connectivity index (χ3v) is 10.1. The van der Waals surface area contributed by atoms with E-state index in [-0.39, 0.29) is 34.7 Å². The number of fused-ring (bicyclic) bond motifs is 1. The van der Waals surface area contributed by atoms with Crippen LogP contribution < -0.4 is 10.2 Å². The monoisotopic (exact) mass is 573 g/mol. The summed E-state index contributed by atoms with van der Waals surface area (Å²) in [4.78, 5) is 27.7. The fourth-order valence-electron chi connectivity index (χ4n) is 6.00. The Hall–Kier alpha value is -3.74. The van der Waals surface area contributed by atoms with Crippen molar-refractivity contribution in [1.29, 1.82) is 0 Å². The maximum atomic E-state index is 14.2. The van der Waals surface area contributed by atoms with Gasteiger partial charge in [-0.2, -0.15) is 13.2 Å². The Morgan fingerprint density at radius 2 is 1.85 bits per heavy atom. The van der Waals surface area contributed by atoms with E-state index in [0.29, 0.717) is 17.1 Å². The number of carbonyl (C=O) groups is 2. The topological polar surface area (TPSA) is 114 Å². The van der Waals surface area contributed by atoms with Crippen molar-refractivity contribution in [3.05, 3.63) is 76.4 Å². The number of anilines is 1. The largest absolute Gasteiger partial charge is 0.416 e. The van der Waals surface area contributed by atoms with E-state index in [1.807, 2.05) is 6.92 Å². The second kappa shape index (κ2) is 8.63. The summed E-state index contributed by atoms with van der Waals surface area (Å²) >= 11 is 0. The van der Waals surface area contributed by atoms with Crippen LogP contribution in [0.3, 0.4) is 0 Å². The van der Waals surface area contributed by atoms with E-state index in [0.717, 1.165) is 25.3 Å².